The smallest absolute Gasteiger partial charge is 0.109 e. The van der Waals surface area contributed by atoms with Crippen LogP contribution in [-0.4, -0.2) is 3.79 Å². The van der Waals surface area contributed by atoms with Crippen LogP contribution in [0.5, 0.6) is 0 Å². The fourth-order valence-electron chi connectivity index (χ4n) is 2.30. The number of hydrogen-bond acceptors (Lipinski definition) is 0. The van der Waals surface area contributed by atoms with Gasteiger partial charge in [-0.1, -0.05) is 111 Å². The van der Waals surface area contributed by atoms with Gasteiger partial charge in [0.1, 0.15) is 4.87 Å². The Balaban J connectivity index is 2.62. The van der Waals surface area contributed by atoms with Crippen molar-refractivity contribution in [1.82, 2.24) is 0 Å². The van der Waals surface area contributed by atoms with Gasteiger partial charge in [-0.25, -0.2) is 0 Å². The van der Waals surface area contributed by atoms with Crippen molar-refractivity contribution in [3.8, 4) is 0 Å². The zero-order valence-corrected chi connectivity index (χ0v) is 14.9. The highest BCUT2D eigenvalue weighted by Crippen LogP contribution is 2.52. The van der Waals surface area contributed by atoms with Gasteiger partial charge in [0, 0.05) is 0 Å². The summed E-state index contributed by atoms with van der Waals surface area (Å²) in [5, 5.41) is 0. The first-order valence-electron chi connectivity index (χ1n) is 7.23. The van der Waals surface area contributed by atoms with Gasteiger partial charge < -0.3 is 0 Å². The van der Waals surface area contributed by atoms with E-state index in [-0.39, 0.29) is 0 Å². The fraction of sp³-hybridized carbons (Fsp3) is 0.625. The molecule has 0 saturated carbocycles. The van der Waals surface area contributed by atoms with Crippen molar-refractivity contribution >= 4 is 46.4 Å². The average molecular weight is 356 g/mol. The number of rotatable bonds is 8. The van der Waals surface area contributed by atoms with Gasteiger partial charge >= 0.3 is 0 Å². The topological polar surface area (TPSA) is 0 Å². The van der Waals surface area contributed by atoms with Crippen LogP contribution in [0.15, 0.2) is 30.3 Å². The van der Waals surface area contributed by atoms with Gasteiger partial charge in [-0.3, -0.25) is 0 Å². The normalized spacial score (nSPS) is 15.1. The fourth-order valence-corrected chi connectivity index (χ4v) is 3.17. The lowest BCUT2D eigenvalue weighted by Gasteiger charge is -2.34. The Morgan fingerprint density at radius 3 is 1.90 bits per heavy atom. The predicted octanol–water partition coefficient (Wildman–Crippen LogP) is 7.24. The highest BCUT2D eigenvalue weighted by Gasteiger charge is 2.47. The summed E-state index contributed by atoms with van der Waals surface area (Å²) in [6.07, 6.45) is 7.78. The van der Waals surface area contributed by atoms with Crippen LogP contribution in [-0.2, 0) is 4.87 Å². The van der Waals surface area contributed by atoms with Crippen LogP contribution in [0.25, 0.3) is 0 Å². The minimum Gasteiger partial charge on any atom is -0.109 e. The zero-order valence-electron chi connectivity index (χ0n) is 11.8. The van der Waals surface area contributed by atoms with Gasteiger partial charge in [-0.15, -0.1) is 11.6 Å². The molecule has 0 saturated heterocycles. The third-order valence-electron chi connectivity index (χ3n) is 3.56. The first kappa shape index (κ1) is 18.4. The van der Waals surface area contributed by atoms with Gasteiger partial charge in [0.05, 0.1) is 0 Å². The SMILES string of the molecule is CCCCCCCCC(Cl)(c1ccccc1)C(Cl)(Cl)Cl. The first-order chi connectivity index (χ1) is 9.42. The zero-order chi connectivity index (χ0) is 15.1. The molecule has 4 heteroatoms. The maximum absolute atomic E-state index is 6.69. The van der Waals surface area contributed by atoms with Gasteiger partial charge in [-0.2, -0.15) is 0 Å². The lowest BCUT2D eigenvalue weighted by atomic mass is 9.93. The molecule has 0 heterocycles. The molecule has 0 spiro atoms. The van der Waals surface area contributed by atoms with Crippen LogP contribution in [0.3, 0.4) is 0 Å². The third kappa shape index (κ3) is 5.30. The third-order valence-corrected chi connectivity index (χ3v) is 5.50. The van der Waals surface area contributed by atoms with Crippen molar-refractivity contribution < 1.29 is 0 Å². The molecule has 0 aromatic heterocycles. The minimum atomic E-state index is -1.51. The molecule has 0 radical (unpaired) electrons. The predicted molar refractivity (Wildman–Crippen MR) is 92.3 cm³/mol. The van der Waals surface area contributed by atoms with Crippen LogP contribution in [0.1, 0.15) is 57.4 Å². The Bertz CT molecular complexity index is 372. The molecule has 0 N–H and O–H groups in total. The van der Waals surface area contributed by atoms with Crippen molar-refractivity contribution in [2.75, 3.05) is 0 Å². The number of halogens is 4. The van der Waals surface area contributed by atoms with Gasteiger partial charge in [0.2, 0.25) is 3.79 Å². The minimum absolute atomic E-state index is 0.668. The maximum atomic E-state index is 6.69. The van der Waals surface area contributed by atoms with Crippen molar-refractivity contribution in [3.63, 3.8) is 0 Å². The highest BCUT2D eigenvalue weighted by atomic mass is 35.6. The molecule has 0 fully saturated rings. The van der Waals surface area contributed by atoms with E-state index >= 15 is 0 Å². The molecular formula is C16H22Cl4. The summed E-state index contributed by atoms with van der Waals surface area (Å²) in [5.41, 5.74) is 0.871. The Morgan fingerprint density at radius 2 is 1.35 bits per heavy atom. The molecule has 0 aliphatic rings. The summed E-state index contributed by atoms with van der Waals surface area (Å²) in [7, 11) is 0. The van der Waals surface area contributed by atoms with Crippen LogP contribution in [0.2, 0.25) is 0 Å². The summed E-state index contributed by atoms with van der Waals surface area (Å²) >= 11 is 25.1. The van der Waals surface area contributed by atoms with Gasteiger partial charge in [-0.05, 0) is 12.0 Å². The van der Waals surface area contributed by atoms with E-state index in [1.807, 2.05) is 30.3 Å². The molecule has 1 rings (SSSR count). The van der Waals surface area contributed by atoms with E-state index in [0.717, 1.165) is 18.4 Å². The molecule has 1 aromatic rings. The second kappa shape index (κ2) is 8.73. The molecule has 0 amide bonds. The van der Waals surface area contributed by atoms with Crippen LogP contribution in [0, 0.1) is 0 Å². The molecule has 0 aliphatic heterocycles. The lowest BCUT2D eigenvalue weighted by molar-refractivity contribution is 0.503. The number of hydrogen-bond donors (Lipinski definition) is 0. The summed E-state index contributed by atoms with van der Waals surface area (Å²) < 4.78 is -1.51. The van der Waals surface area contributed by atoms with E-state index in [2.05, 4.69) is 6.92 Å². The maximum Gasteiger partial charge on any atom is 0.213 e. The van der Waals surface area contributed by atoms with Gasteiger partial charge in [0.25, 0.3) is 0 Å². The van der Waals surface area contributed by atoms with Crippen LogP contribution in [0.4, 0.5) is 0 Å². The van der Waals surface area contributed by atoms with E-state index in [0.29, 0.717) is 6.42 Å². The molecule has 1 unspecified atom stereocenters. The molecule has 1 aromatic carbocycles. The molecular weight excluding hydrogens is 334 g/mol. The molecule has 114 valence electrons. The Kier molecular flexibility index (Phi) is 8.05. The summed E-state index contributed by atoms with van der Waals surface area (Å²) in [4.78, 5) is -0.955. The Hall–Kier alpha value is 0.380. The van der Waals surface area contributed by atoms with Crippen LogP contribution >= 0.6 is 46.4 Å². The molecule has 0 bridgehead atoms. The van der Waals surface area contributed by atoms with Crippen molar-refractivity contribution in [2.24, 2.45) is 0 Å². The molecule has 0 nitrogen and oxygen atoms in total. The van der Waals surface area contributed by atoms with E-state index in [1.54, 1.807) is 0 Å². The Labute approximate surface area is 142 Å². The van der Waals surface area contributed by atoms with E-state index in [1.165, 1.54) is 25.7 Å². The van der Waals surface area contributed by atoms with E-state index in [9.17, 15) is 0 Å². The second-order valence-electron chi connectivity index (χ2n) is 5.18. The largest absolute Gasteiger partial charge is 0.213 e. The van der Waals surface area contributed by atoms with Crippen molar-refractivity contribution in [3.05, 3.63) is 35.9 Å². The number of unbranched alkanes of at least 4 members (excludes halogenated alkanes) is 5. The van der Waals surface area contributed by atoms with Crippen LogP contribution < -0.4 is 0 Å². The standard InChI is InChI=1S/C16H22Cl4/c1-2-3-4-5-6-10-13-15(17,16(18,19)20)14-11-8-7-9-12-14/h7-9,11-12H,2-6,10,13H2,1H3. The summed E-state index contributed by atoms with van der Waals surface area (Å²) in [6, 6.07) is 9.62. The quantitative estimate of drug-likeness (QED) is 0.340. The van der Waals surface area contributed by atoms with Crippen molar-refractivity contribution in [1.29, 1.82) is 0 Å². The summed E-state index contributed by atoms with van der Waals surface area (Å²) in [6.45, 7) is 2.21. The second-order valence-corrected chi connectivity index (χ2v) is 8.11. The lowest BCUT2D eigenvalue weighted by Crippen LogP contribution is -2.34. The first-order valence-corrected chi connectivity index (χ1v) is 8.74. The summed E-state index contributed by atoms with van der Waals surface area (Å²) in [5.74, 6) is 0. The highest BCUT2D eigenvalue weighted by molar-refractivity contribution is 6.70. The van der Waals surface area contributed by atoms with Crippen molar-refractivity contribution in [2.45, 2.75) is 60.5 Å². The number of alkyl halides is 4. The number of benzene rings is 1. The van der Waals surface area contributed by atoms with Gasteiger partial charge in [0.15, 0.2) is 0 Å². The monoisotopic (exact) mass is 354 g/mol. The van der Waals surface area contributed by atoms with E-state index in [4.69, 9.17) is 46.4 Å². The Morgan fingerprint density at radius 1 is 0.800 bits per heavy atom. The molecule has 0 aliphatic carbocycles. The molecule has 1 atom stereocenters. The van der Waals surface area contributed by atoms with E-state index < -0.39 is 8.67 Å². The average Bonchev–Trinajstić information content (AvgIpc) is 2.42. The molecule has 20 heavy (non-hydrogen) atoms.